The Bertz CT molecular complexity index is 1460. The summed E-state index contributed by atoms with van der Waals surface area (Å²) in [5.41, 5.74) is -1.15. The maximum atomic E-state index is 13.0. The number of aromatic hydroxyl groups is 2. The van der Waals surface area contributed by atoms with Crippen LogP contribution >= 0.6 is 0 Å². The summed E-state index contributed by atoms with van der Waals surface area (Å²) < 4.78 is 10.8. The van der Waals surface area contributed by atoms with Gasteiger partial charge in [-0.15, -0.1) is 0 Å². The van der Waals surface area contributed by atoms with E-state index in [-0.39, 0.29) is 74.9 Å². The van der Waals surface area contributed by atoms with E-state index in [4.69, 9.17) is 8.83 Å². The summed E-state index contributed by atoms with van der Waals surface area (Å²) in [6.45, 7) is 0. The Morgan fingerprint density at radius 1 is 0.697 bits per heavy atom. The number of para-hydroxylation sites is 2. The van der Waals surface area contributed by atoms with Gasteiger partial charge in [0.05, 0.1) is 27.8 Å². The van der Waals surface area contributed by atoms with Crippen LogP contribution in [-0.2, 0) is 0 Å². The van der Waals surface area contributed by atoms with E-state index in [1.165, 1.54) is 12.4 Å². The zero-order valence-electron chi connectivity index (χ0n) is 17.1. The zero-order chi connectivity index (χ0) is 21.5. The Labute approximate surface area is 214 Å². The van der Waals surface area contributed by atoms with Crippen LogP contribution in [0.15, 0.2) is 91.5 Å². The predicted octanol–water partition coefficient (Wildman–Crippen LogP) is 3.06. The Balaban J connectivity index is 0.00000153. The molecule has 163 valence electrons. The van der Waals surface area contributed by atoms with Gasteiger partial charge in [-0.1, -0.05) is 24.3 Å². The van der Waals surface area contributed by atoms with E-state index in [1.807, 2.05) is 0 Å². The number of fused-ring (bicyclic) bond motifs is 2. The first-order chi connectivity index (χ1) is 15.1. The first-order valence-electron chi connectivity index (χ1n) is 9.45. The smallest absolute Gasteiger partial charge is 0.344 e. The SMILES string of the molecule is O.O=c1oc2ccccc2c(O)c1C(c1ccncc1)c1c(O)c2ccccc2oc1=O.[La]. The maximum Gasteiger partial charge on any atom is 0.344 e. The zero-order valence-corrected chi connectivity index (χ0v) is 20.7. The van der Waals surface area contributed by atoms with E-state index < -0.39 is 17.2 Å². The minimum atomic E-state index is -1.15. The van der Waals surface area contributed by atoms with Gasteiger partial charge in [-0.05, 0) is 42.0 Å². The van der Waals surface area contributed by atoms with Crippen LogP contribution in [-0.4, -0.2) is 20.7 Å². The van der Waals surface area contributed by atoms with Crippen molar-refractivity contribution in [1.82, 2.24) is 4.98 Å². The van der Waals surface area contributed by atoms with Crippen LogP contribution in [0.2, 0.25) is 0 Å². The second kappa shape index (κ2) is 9.72. The van der Waals surface area contributed by atoms with Crippen LogP contribution in [0.1, 0.15) is 22.6 Å². The van der Waals surface area contributed by atoms with Gasteiger partial charge in [0.15, 0.2) is 0 Å². The first-order valence-corrected chi connectivity index (χ1v) is 9.45. The number of hydrogen-bond donors (Lipinski definition) is 2. The Morgan fingerprint density at radius 3 is 1.58 bits per heavy atom. The van der Waals surface area contributed by atoms with Crippen molar-refractivity contribution in [3.05, 3.63) is 111 Å². The van der Waals surface area contributed by atoms with Gasteiger partial charge in [0.25, 0.3) is 0 Å². The summed E-state index contributed by atoms with van der Waals surface area (Å²) in [5.74, 6) is -1.81. The molecule has 8 nitrogen and oxygen atoms in total. The molecule has 0 saturated heterocycles. The molecule has 0 aliphatic rings. The van der Waals surface area contributed by atoms with Gasteiger partial charge in [-0.3, -0.25) is 4.98 Å². The van der Waals surface area contributed by atoms with Gasteiger partial charge in [0.2, 0.25) is 0 Å². The third kappa shape index (κ3) is 4.11. The van der Waals surface area contributed by atoms with Gasteiger partial charge in [-0.2, -0.15) is 0 Å². The summed E-state index contributed by atoms with van der Waals surface area (Å²) in [7, 11) is 0. The second-order valence-corrected chi connectivity index (χ2v) is 7.01. The molecule has 0 unspecified atom stereocenters. The minimum Gasteiger partial charge on any atom is -0.507 e. The van der Waals surface area contributed by atoms with Crippen LogP contribution < -0.4 is 11.3 Å². The molecule has 9 heteroatoms. The van der Waals surface area contributed by atoms with E-state index in [2.05, 4.69) is 4.98 Å². The number of rotatable bonds is 3. The summed E-state index contributed by atoms with van der Waals surface area (Å²) in [6.07, 6.45) is 2.98. The molecule has 0 fully saturated rings. The van der Waals surface area contributed by atoms with Gasteiger partial charge in [-0.25, -0.2) is 9.59 Å². The predicted molar refractivity (Wildman–Crippen MR) is 117 cm³/mol. The summed E-state index contributed by atoms with van der Waals surface area (Å²) >= 11 is 0. The van der Waals surface area contributed by atoms with Crippen LogP contribution in [0.5, 0.6) is 11.5 Å². The summed E-state index contributed by atoms with van der Waals surface area (Å²) in [6, 6.07) is 16.2. The molecule has 0 aliphatic heterocycles. The molecule has 0 spiro atoms. The van der Waals surface area contributed by atoms with Crippen molar-refractivity contribution in [2.45, 2.75) is 5.92 Å². The maximum absolute atomic E-state index is 13.0. The van der Waals surface area contributed by atoms with E-state index in [0.29, 0.717) is 16.3 Å². The molecule has 0 amide bonds. The van der Waals surface area contributed by atoms with Crippen molar-refractivity contribution in [2.75, 3.05) is 0 Å². The number of nitrogens with zero attached hydrogens (tertiary/aromatic N) is 1. The second-order valence-electron chi connectivity index (χ2n) is 7.01. The molecule has 1 radical (unpaired) electrons. The Kier molecular flexibility index (Phi) is 7.19. The minimum absolute atomic E-state index is 0. The van der Waals surface area contributed by atoms with E-state index in [1.54, 1.807) is 60.7 Å². The normalized spacial score (nSPS) is 10.7. The van der Waals surface area contributed by atoms with Gasteiger partial charge >= 0.3 is 11.3 Å². The van der Waals surface area contributed by atoms with Crippen LogP contribution in [0.3, 0.4) is 0 Å². The van der Waals surface area contributed by atoms with Crippen molar-refractivity contribution >= 4 is 21.9 Å². The molecule has 33 heavy (non-hydrogen) atoms. The average Bonchev–Trinajstić information content (AvgIpc) is 2.78. The number of hydrogen-bond acceptors (Lipinski definition) is 7. The molecule has 0 bridgehead atoms. The molecule has 0 aliphatic carbocycles. The molecule has 0 saturated carbocycles. The molecule has 0 atom stereocenters. The summed E-state index contributed by atoms with van der Waals surface area (Å²) in [4.78, 5) is 29.9. The number of aromatic nitrogens is 1. The monoisotopic (exact) mass is 570 g/mol. The topological polar surface area (TPSA) is 145 Å². The molecule has 5 rings (SSSR count). The van der Waals surface area contributed by atoms with Crippen molar-refractivity contribution in [1.29, 1.82) is 0 Å². The average molecular weight is 570 g/mol. The number of pyridine rings is 1. The van der Waals surface area contributed by atoms with Crippen molar-refractivity contribution in [3.63, 3.8) is 0 Å². The van der Waals surface area contributed by atoms with Gasteiger partial charge in [0.1, 0.15) is 22.7 Å². The van der Waals surface area contributed by atoms with Crippen molar-refractivity contribution in [3.8, 4) is 11.5 Å². The molecule has 2 aromatic carbocycles. The fourth-order valence-electron chi connectivity index (χ4n) is 3.84. The molecule has 3 heterocycles. The fraction of sp³-hybridized carbons (Fsp3) is 0.0417. The standard InChI is InChI=1S/C24H15NO6.La.H2O/c26-21-14-5-1-3-7-16(14)30-23(28)19(21)18(13-9-11-25-12-10-13)20-22(27)15-6-2-4-8-17(15)31-24(20)29;;/h1-12,18,26-27H;;1H2. The largest absolute Gasteiger partial charge is 0.507 e. The molecule has 4 N–H and O–H groups in total. The third-order valence-corrected chi connectivity index (χ3v) is 5.26. The van der Waals surface area contributed by atoms with Gasteiger partial charge < -0.3 is 24.5 Å². The fourth-order valence-corrected chi connectivity index (χ4v) is 3.84. The van der Waals surface area contributed by atoms with Crippen molar-refractivity contribution < 1.29 is 60.1 Å². The Morgan fingerprint density at radius 2 is 1.12 bits per heavy atom. The molecule has 5 aromatic rings. The Hall–Kier alpha value is -3.24. The summed E-state index contributed by atoms with van der Waals surface area (Å²) in [5, 5.41) is 22.7. The van der Waals surface area contributed by atoms with Crippen molar-refractivity contribution in [2.24, 2.45) is 0 Å². The first kappa shape index (κ1) is 24.4. The van der Waals surface area contributed by atoms with Gasteiger partial charge in [0, 0.05) is 48.0 Å². The van der Waals surface area contributed by atoms with Crippen LogP contribution in [0.25, 0.3) is 21.9 Å². The van der Waals surface area contributed by atoms with Crippen LogP contribution in [0.4, 0.5) is 0 Å². The van der Waals surface area contributed by atoms with E-state index in [0.717, 1.165) is 0 Å². The number of benzene rings is 2. The molecular weight excluding hydrogens is 553 g/mol. The molecule has 3 aromatic heterocycles. The van der Waals surface area contributed by atoms with E-state index >= 15 is 0 Å². The third-order valence-electron chi connectivity index (χ3n) is 5.26. The quantitative estimate of drug-likeness (QED) is 0.317. The van der Waals surface area contributed by atoms with E-state index in [9.17, 15) is 19.8 Å². The van der Waals surface area contributed by atoms with Crippen LogP contribution in [0, 0.1) is 35.6 Å². The molecular formula is C24H17LaNO7.